The van der Waals surface area contributed by atoms with Crippen LogP contribution in [0.5, 0.6) is 0 Å². The Morgan fingerprint density at radius 2 is 1.59 bits per heavy atom. The third-order valence-electron chi connectivity index (χ3n) is 11.3. The van der Waals surface area contributed by atoms with Gasteiger partial charge in [0.15, 0.2) is 5.78 Å². The molecule has 10 heteroatoms. The quantitative estimate of drug-likeness (QED) is 0.0806. The van der Waals surface area contributed by atoms with Gasteiger partial charge in [0.1, 0.15) is 6.33 Å². The van der Waals surface area contributed by atoms with Crippen LogP contribution < -0.4 is 0 Å². The van der Waals surface area contributed by atoms with E-state index in [1.54, 1.807) is 12.5 Å². The molecule has 1 aliphatic rings. The molecule has 1 N–H and O–H groups in total. The summed E-state index contributed by atoms with van der Waals surface area (Å²) in [7, 11) is 0. The molecule has 1 fully saturated rings. The van der Waals surface area contributed by atoms with Crippen molar-refractivity contribution in [3.05, 3.63) is 78.0 Å². The summed E-state index contributed by atoms with van der Waals surface area (Å²) in [4.78, 5) is 25.3. The maximum absolute atomic E-state index is 13.4. The normalized spacial score (nSPS) is 16.9. The van der Waals surface area contributed by atoms with E-state index in [2.05, 4.69) is 45.3 Å². The molecule has 0 bridgehead atoms. The Balaban J connectivity index is 0.000000347. The van der Waals surface area contributed by atoms with Crippen LogP contribution in [0.3, 0.4) is 0 Å². The molecule has 1 radical (unpaired) electrons. The number of benzene rings is 2. The number of fused-ring (bicyclic) bond motifs is 4. The minimum absolute atomic E-state index is 0. The molecule has 1 aliphatic carbocycles. The van der Waals surface area contributed by atoms with E-state index in [9.17, 15) is 23.1 Å². The largest absolute Gasteiger partial charge is 0.512 e. The number of aromatic nitrogens is 3. The van der Waals surface area contributed by atoms with Crippen LogP contribution in [0.4, 0.5) is 13.2 Å². The SMILES string of the molecule is CCC(CC)C(=O)/C=C(\O)C(CC)CC.Cc1[c-]c(-c2ncnc3cc(C4CCC(CC(C)(C)C(F)(F)F)CC4)ccc23)c2oc3ncccc3c2c1.[Ir]. The summed E-state index contributed by atoms with van der Waals surface area (Å²) in [5.74, 6) is 0.975. The average Bonchev–Trinajstić information content (AvgIpc) is 3.50. The summed E-state index contributed by atoms with van der Waals surface area (Å²) in [6.45, 7) is 12.7. The first kappa shape index (κ1) is 43.1. The Morgan fingerprint density at radius 3 is 2.22 bits per heavy atom. The van der Waals surface area contributed by atoms with Gasteiger partial charge in [0.2, 0.25) is 5.71 Å². The number of alkyl halides is 3. The summed E-state index contributed by atoms with van der Waals surface area (Å²) in [6.07, 6.45) is 7.62. The second-order valence-electron chi connectivity index (χ2n) is 15.3. The van der Waals surface area contributed by atoms with Crippen LogP contribution in [0, 0.1) is 36.2 Å². The van der Waals surface area contributed by atoms with Crippen molar-refractivity contribution >= 4 is 38.8 Å². The van der Waals surface area contributed by atoms with E-state index >= 15 is 0 Å². The van der Waals surface area contributed by atoms with Crippen LogP contribution in [0.15, 0.2) is 65.2 Å². The molecule has 3 heterocycles. The van der Waals surface area contributed by atoms with Crippen LogP contribution in [-0.2, 0) is 24.9 Å². The number of carbonyl (C=O) groups excluding carboxylic acids is 1. The van der Waals surface area contributed by atoms with Gasteiger partial charge in [-0.1, -0.05) is 71.5 Å². The molecular formula is C44H53F3IrN3O3-. The Hall–Kier alpha value is -3.62. The number of hydrogen-bond donors (Lipinski definition) is 1. The molecule has 0 saturated heterocycles. The number of halogens is 3. The molecule has 0 amide bonds. The van der Waals surface area contributed by atoms with Gasteiger partial charge >= 0.3 is 6.18 Å². The number of furan rings is 1. The third-order valence-corrected chi connectivity index (χ3v) is 11.3. The van der Waals surface area contributed by atoms with Gasteiger partial charge in [-0.05, 0) is 98.8 Å². The van der Waals surface area contributed by atoms with Crippen molar-refractivity contribution in [2.45, 2.75) is 118 Å². The summed E-state index contributed by atoms with van der Waals surface area (Å²) in [6, 6.07) is 15.7. The molecule has 293 valence electrons. The number of carbonyl (C=O) groups is 1. The standard InChI is InChI=1S/C31H29F3N3O.C13H24O2.Ir/c1-18-13-24-22-5-4-12-35-29(22)38-28(24)25(14-18)27-23-11-10-21(15-26(23)36-17-37-27)20-8-6-19(7-9-20)16-30(2,3)31(32,33)34;1-5-10(6-2)12(14)9-13(15)11(7-3)8-4;/h4-5,10-13,15,17,19-20H,6-9,16H2,1-3H3;9-11,14H,5-8H2,1-4H3;/q-1;;/b;12-9-;. The Morgan fingerprint density at radius 1 is 0.926 bits per heavy atom. The zero-order valence-electron chi connectivity index (χ0n) is 32.4. The molecule has 0 aliphatic heterocycles. The Bertz CT molecular complexity index is 2060. The summed E-state index contributed by atoms with van der Waals surface area (Å²) in [5, 5.41) is 12.6. The van der Waals surface area contributed by atoms with E-state index in [1.807, 2.05) is 46.8 Å². The van der Waals surface area contributed by atoms with Gasteiger partial charge in [-0.15, -0.1) is 17.7 Å². The van der Waals surface area contributed by atoms with E-state index in [1.165, 1.54) is 25.5 Å². The summed E-state index contributed by atoms with van der Waals surface area (Å²) < 4.78 is 46.3. The van der Waals surface area contributed by atoms with Crippen molar-refractivity contribution in [1.29, 1.82) is 0 Å². The molecule has 0 unspecified atom stereocenters. The van der Waals surface area contributed by atoms with E-state index < -0.39 is 11.6 Å². The minimum atomic E-state index is -4.17. The first-order chi connectivity index (χ1) is 25.2. The molecular weight excluding hydrogens is 868 g/mol. The number of allylic oxidation sites excluding steroid dienone is 2. The Kier molecular flexibility index (Phi) is 14.6. The van der Waals surface area contributed by atoms with Crippen LogP contribution in [0.2, 0.25) is 0 Å². The van der Waals surface area contributed by atoms with Crippen LogP contribution >= 0.6 is 0 Å². The van der Waals surface area contributed by atoms with E-state index in [4.69, 9.17) is 4.42 Å². The number of ketones is 1. The van der Waals surface area contributed by atoms with Crippen molar-refractivity contribution < 1.29 is 47.6 Å². The maximum atomic E-state index is 13.4. The fraction of sp³-hybridized carbons (Fsp3) is 0.500. The average molecular weight is 921 g/mol. The fourth-order valence-corrected chi connectivity index (χ4v) is 7.80. The fourth-order valence-electron chi connectivity index (χ4n) is 7.80. The van der Waals surface area contributed by atoms with Gasteiger partial charge in [-0.2, -0.15) is 13.2 Å². The maximum Gasteiger partial charge on any atom is 0.393 e. The number of aryl methyl sites for hydroxylation is 1. The summed E-state index contributed by atoms with van der Waals surface area (Å²) >= 11 is 0. The van der Waals surface area contributed by atoms with E-state index in [0.717, 1.165) is 89.9 Å². The van der Waals surface area contributed by atoms with Gasteiger partial charge in [0.05, 0.1) is 22.3 Å². The predicted molar refractivity (Wildman–Crippen MR) is 207 cm³/mol. The number of rotatable bonds is 11. The van der Waals surface area contributed by atoms with Gasteiger partial charge < -0.3 is 9.52 Å². The second-order valence-corrected chi connectivity index (χ2v) is 15.3. The van der Waals surface area contributed by atoms with Crippen LogP contribution in [-0.4, -0.2) is 32.0 Å². The first-order valence-corrected chi connectivity index (χ1v) is 19.2. The second kappa shape index (κ2) is 18.3. The minimum Gasteiger partial charge on any atom is -0.512 e. The number of pyridine rings is 1. The molecule has 0 atom stereocenters. The molecule has 6 nitrogen and oxygen atoms in total. The molecule has 1 saturated carbocycles. The van der Waals surface area contributed by atoms with Gasteiger partial charge in [0.25, 0.3) is 0 Å². The van der Waals surface area contributed by atoms with Crippen molar-refractivity contribution in [2.24, 2.45) is 23.2 Å². The number of nitrogens with zero attached hydrogens (tertiary/aromatic N) is 3. The zero-order valence-corrected chi connectivity index (χ0v) is 34.8. The van der Waals surface area contributed by atoms with Gasteiger partial charge in [-0.25, -0.2) is 9.97 Å². The molecule has 0 spiro atoms. The molecule has 5 aromatic rings. The topological polar surface area (TPSA) is 89.1 Å². The van der Waals surface area contributed by atoms with E-state index in [-0.39, 0.29) is 55.8 Å². The summed E-state index contributed by atoms with van der Waals surface area (Å²) in [5.41, 5.74) is 4.18. The van der Waals surface area contributed by atoms with Crippen molar-refractivity contribution in [1.82, 2.24) is 15.0 Å². The monoisotopic (exact) mass is 921 g/mol. The zero-order chi connectivity index (χ0) is 38.5. The van der Waals surface area contributed by atoms with Crippen molar-refractivity contribution in [3.63, 3.8) is 0 Å². The van der Waals surface area contributed by atoms with Crippen LogP contribution in [0.25, 0.3) is 44.2 Å². The molecule has 2 aromatic carbocycles. The molecule has 6 rings (SSSR count). The van der Waals surface area contributed by atoms with Crippen LogP contribution in [0.1, 0.15) is 116 Å². The number of aliphatic hydroxyl groups is 1. The van der Waals surface area contributed by atoms with Gasteiger partial charge in [-0.3, -0.25) is 9.78 Å². The predicted octanol–water partition coefficient (Wildman–Crippen LogP) is 12.8. The third kappa shape index (κ3) is 9.60. The first-order valence-electron chi connectivity index (χ1n) is 19.2. The van der Waals surface area contributed by atoms with Gasteiger partial charge in [0, 0.05) is 55.3 Å². The smallest absolute Gasteiger partial charge is 0.393 e. The Labute approximate surface area is 330 Å². The molecule has 54 heavy (non-hydrogen) atoms. The van der Waals surface area contributed by atoms with Crippen molar-refractivity contribution in [2.75, 3.05) is 0 Å². The number of aliphatic hydroxyl groups excluding tert-OH is 1. The van der Waals surface area contributed by atoms with E-state index in [0.29, 0.717) is 17.2 Å². The number of hydrogen-bond acceptors (Lipinski definition) is 6. The van der Waals surface area contributed by atoms with Crippen molar-refractivity contribution in [3.8, 4) is 11.3 Å². The molecule has 3 aromatic heterocycles.